The van der Waals surface area contributed by atoms with E-state index in [1.807, 2.05) is 31.2 Å². The molecule has 2 atom stereocenters. The van der Waals surface area contributed by atoms with Gasteiger partial charge in [0.1, 0.15) is 17.5 Å². The molecule has 1 aliphatic heterocycles. The summed E-state index contributed by atoms with van der Waals surface area (Å²) in [6.45, 7) is 4.22. The van der Waals surface area contributed by atoms with Crippen molar-refractivity contribution in [2.45, 2.75) is 32.9 Å². The number of nitrogens with one attached hydrogen (secondary N) is 2. The lowest BCUT2D eigenvalue weighted by atomic mass is 10.1. The fourth-order valence-corrected chi connectivity index (χ4v) is 3.57. The van der Waals surface area contributed by atoms with Gasteiger partial charge in [-0.2, -0.15) is 0 Å². The summed E-state index contributed by atoms with van der Waals surface area (Å²) >= 11 is 0. The third-order valence-electron chi connectivity index (χ3n) is 5.51. The van der Waals surface area contributed by atoms with Crippen LogP contribution in [-0.2, 0) is 20.9 Å². The van der Waals surface area contributed by atoms with E-state index in [2.05, 4.69) is 10.6 Å². The molecule has 1 aliphatic rings. The van der Waals surface area contributed by atoms with Crippen molar-refractivity contribution < 1.29 is 23.9 Å². The maximum Gasteiger partial charge on any atom is 0.242 e. The minimum atomic E-state index is -0.715. The Hall–Kier alpha value is -3.55. The van der Waals surface area contributed by atoms with Gasteiger partial charge < -0.3 is 25.0 Å². The van der Waals surface area contributed by atoms with Crippen molar-refractivity contribution in [2.24, 2.45) is 5.92 Å². The summed E-state index contributed by atoms with van der Waals surface area (Å²) in [4.78, 5) is 39.3. The van der Waals surface area contributed by atoms with E-state index in [0.29, 0.717) is 23.7 Å². The van der Waals surface area contributed by atoms with Gasteiger partial charge in [0.05, 0.1) is 25.8 Å². The van der Waals surface area contributed by atoms with Crippen LogP contribution in [0.15, 0.2) is 42.5 Å². The van der Waals surface area contributed by atoms with Crippen LogP contribution in [0.1, 0.15) is 24.5 Å². The standard InChI is InChI=1S/C24H29N3O5/c1-15-5-7-17(8-6-15)13-25-23(29)16(2)26-24(30)18-11-22(28)27(14-18)20-10-9-19(31-3)12-21(20)32-4/h5-10,12,16,18H,11,13-14H2,1-4H3,(H,25,29)(H,26,30). The number of hydrogen-bond donors (Lipinski definition) is 2. The van der Waals surface area contributed by atoms with Gasteiger partial charge in [0.2, 0.25) is 17.7 Å². The van der Waals surface area contributed by atoms with Gasteiger partial charge in [-0.25, -0.2) is 0 Å². The zero-order valence-corrected chi connectivity index (χ0v) is 18.8. The highest BCUT2D eigenvalue weighted by Gasteiger charge is 2.37. The molecule has 0 radical (unpaired) electrons. The number of rotatable bonds is 8. The molecule has 170 valence electrons. The lowest BCUT2D eigenvalue weighted by molar-refractivity contribution is -0.131. The fraction of sp³-hybridized carbons (Fsp3) is 0.375. The molecule has 32 heavy (non-hydrogen) atoms. The molecule has 0 spiro atoms. The number of amides is 3. The summed E-state index contributed by atoms with van der Waals surface area (Å²) in [7, 11) is 3.06. The van der Waals surface area contributed by atoms with E-state index in [1.165, 1.54) is 12.0 Å². The predicted molar refractivity (Wildman–Crippen MR) is 121 cm³/mol. The highest BCUT2D eigenvalue weighted by Crippen LogP contribution is 2.35. The fourth-order valence-electron chi connectivity index (χ4n) is 3.57. The van der Waals surface area contributed by atoms with Gasteiger partial charge in [0.15, 0.2) is 0 Å². The smallest absolute Gasteiger partial charge is 0.242 e. The monoisotopic (exact) mass is 439 g/mol. The third-order valence-corrected chi connectivity index (χ3v) is 5.51. The van der Waals surface area contributed by atoms with Gasteiger partial charge in [0.25, 0.3) is 0 Å². The molecule has 3 rings (SSSR count). The van der Waals surface area contributed by atoms with Crippen LogP contribution >= 0.6 is 0 Å². The minimum Gasteiger partial charge on any atom is -0.497 e. The quantitative estimate of drug-likeness (QED) is 0.657. The van der Waals surface area contributed by atoms with Gasteiger partial charge in [-0.05, 0) is 31.5 Å². The lowest BCUT2D eigenvalue weighted by Gasteiger charge is -2.20. The van der Waals surface area contributed by atoms with E-state index in [1.54, 1.807) is 32.2 Å². The summed E-state index contributed by atoms with van der Waals surface area (Å²) < 4.78 is 10.6. The summed E-state index contributed by atoms with van der Waals surface area (Å²) in [5.74, 6) is -0.241. The molecule has 0 saturated carbocycles. The second-order valence-corrected chi connectivity index (χ2v) is 7.88. The lowest BCUT2D eigenvalue weighted by Crippen LogP contribution is -2.47. The number of methoxy groups -OCH3 is 2. The Balaban J connectivity index is 1.57. The van der Waals surface area contributed by atoms with Crippen molar-refractivity contribution in [3.8, 4) is 11.5 Å². The summed E-state index contributed by atoms with van der Waals surface area (Å²) in [5.41, 5.74) is 2.71. The summed E-state index contributed by atoms with van der Waals surface area (Å²) in [6.07, 6.45) is 0.0682. The SMILES string of the molecule is COc1ccc(N2CC(C(=O)NC(C)C(=O)NCc3ccc(C)cc3)CC2=O)c(OC)c1. The van der Waals surface area contributed by atoms with Crippen LogP contribution in [0.4, 0.5) is 5.69 Å². The van der Waals surface area contributed by atoms with Gasteiger partial charge in [0, 0.05) is 25.6 Å². The van der Waals surface area contributed by atoms with Crippen molar-refractivity contribution in [1.29, 1.82) is 0 Å². The molecule has 2 aromatic carbocycles. The summed E-state index contributed by atoms with van der Waals surface area (Å²) in [6, 6.07) is 12.3. The van der Waals surface area contributed by atoms with E-state index in [4.69, 9.17) is 9.47 Å². The Kier molecular flexibility index (Phi) is 7.35. The Morgan fingerprint density at radius 2 is 1.84 bits per heavy atom. The van der Waals surface area contributed by atoms with Crippen LogP contribution in [0.3, 0.4) is 0 Å². The molecule has 8 nitrogen and oxygen atoms in total. The van der Waals surface area contributed by atoms with E-state index in [-0.39, 0.29) is 30.7 Å². The average molecular weight is 440 g/mol. The molecule has 0 aromatic heterocycles. The topological polar surface area (TPSA) is 97.0 Å². The number of carbonyl (C=O) groups excluding carboxylic acids is 3. The molecule has 1 saturated heterocycles. The molecule has 2 aromatic rings. The van der Waals surface area contributed by atoms with Gasteiger partial charge >= 0.3 is 0 Å². The van der Waals surface area contributed by atoms with E-state index < -0.39 is 12.0 Å². The Morgan fingerprint density at radius 3 is 2.50 bits per heavy atom. The minimum absolute atomic E-state index is 0.0682. The maximum atomic E-state index is 12.7. The van der Waals surface area contributed by atoms with Crippen molar-refractivity contribution in [1.82, 2.24) is 10.6 Å². The van der Waals surface area contributed by atoms with Crippen LogP contribution in [0.5, 0.6) is 11.5 Å². The first-order chi connectivity index (χ1) is 15.3. The Bertz CT molecular complexity index is 990. The second-order valence-electron chi connectivity index (χ2n) is 7.88. The molecule has 2 N–H and O–H groups in total. The van der Waals surface area contributed by atoms with Crippen LogP contribution in [0.25, 0.3) is 0 Å². The van der Waals surface area contributed by atoms with Crippen LogP contribution in [-0.4, -0.2) is 44.5 Å². The predicted octanol–water partition coefficient (Wildman–Crippen LogP) is 2.19. The largest absolute Gasteiger partial charge is 0.497 e. The highest BCUT2D eigenvalue weighted by atomic mass is 16.5. The molecule has 0 bridgehead atoms. The molecular weight excluding hydrogens is 410 g/mol. The highest BCUT2D eigenvalue weighted by molar-refractivity contribution is 6.02. The number of hydrogen-bond acceptors (Lipinski definition) is 5. The van der Waals surface area contributed by atoms with E-state index >= 15 is 0 Å². The van der Waals surface area contributed by atoms with E-state index in [9.17, 15) is 14.4 Å². The Morgan fingerprint density at radius 1 is 1.12 bits per heavy atom. The normalized spacial score (nSPS) is 16.4. The first-order valence-corrected chi connectivity index (χ1v) is 10.5. The third kappa shape index (κ3) is 5.38. The molecule has 3 amide bonds. The van der Waals surface area contributed by atoms with Crippen molar-refractivity contribution in [3.05, 3.63) is 53.6 Å². The molecule has 8 heteroatoms. The first kappa shape index (κ1) is 23.1. The summed E-state index contributed by atoms with van der Waals surface area (Å²) in [5, 5.41) is 5.55. The average Bonchev–Trinajstić information content (AvgIpc) is 3.19. The zero-order chi connectivity index (χ0) is 23.3. The van der Waals surface area contributed by atoms with Crippen molar-refractivity contribution in [2.75, 3.05) is 25.7 Å². The number of benzene rings is 2. The van der Waals surface area contributed by atoms with Crippen LogP contribution in [0, 0.1) is 12.8 Å². The molecule has 1 fully saturated rings. The maximum absolute atomic E-state index is 12.7. The Labute approximate surface area is 187 Å². The van der Waals surface area contributed by atoms with Crippen LogP contribution in [0.2, 0.25) is 0 Å². The number of carbonyl (C=O) groups is 3. The van der Waals surface area contributed by atoms with E-state index in [0.717, 1.165) is 11.1 Å². The second kappa shape index (κ2) is 10.2. The molecule has 1 heterocycles. The molecule has 2 unspecified atom stereocenters. The molecule has 0 aliphatic carbocycles. The first-order valence-electron chi connectivity index (χ1n) is 10.5. The number of nitrogens with zero attached hydrogens (tertiary/aromatic N) is 1. The number of anilines is 1. The van der Waals surface area contributed by atoms with Gasteiger partial charge in [-0.3, -0.25) is 14.4 Å². The number of ether oxygens (including phenoxy) is 2. The van der Waals surface area contributed by atoms with Crippen LogP contribution < -0.4 is 25.0 Å². The zero-order valence-electron chi connectivity index (χ0n) is 18.8. The van der Waals surface area contributed by atoms with Gasteiger partial charge in [-0.1, -0.05) is 29.8 Å². The molecular formula is C24H29N3O5. The van der Waals surface area contributed by atoms with Gasteiger partial charge in [-0.15, -0.1) is 0 Å². The number of aryl methyl sites for hydroxylation is 1. The van der Waals surface area contributed by atoms with Crippen molar-refractivity contribution >= 4 is 23.4 Å². The van der Waals surface area contributed by atoms with Crippen molar-refractivity contribution in [3.63, 3.8) is 0 Å².